The Bertz CT molecular complexity index is 912. The van der Waals surface area contributed by atoms with Crippen molar-refractivity contribution < 1.29 is 13.2 Å². The third-order valence-corrected chi connectivity index (χ3v) is 3.97. The van der Waals surface area contributed by atoms with E-state index in [1.165, 1.54) is 12.1 Å². The number of urea groups is 1. The number of sulfonamides is 1. The summed E-state index contributed by atoms with van der Waals surface area (Å²) in [4.78, 5) is 37.8. The van der Waals surface area contributed by atoms with Gasteiger partial charge in [-0.25, -0.2) is 22.7 Å². The summed E-state index contributed by atoms with van der Waals surface area (Å²) in [5.41, 5.74) is -1.03. The van der Waals surface area contributed by atoms with E-state index in [4.69, 9.17) is 0 Å². The molecule has 0 aliphatic rings. The highest BCUT2D eigenvalue weighted by Gasteiger charge is 2.18. The van der Waals surface area contributed by atoms with Crippen LogP contribution >= 0.6 is 0 Å². The molecular weight excluding hydrogens is 312 g/mol. The van der Waals surface area contributed by atoms with Crippen molar-refractivity contribution >= 4 is 21.7 Å². The standard InChI is InChI=1S/C12H12N4O5S/c1-7-2-4-8(5-3-7)22(20,21)16-12(19)14-9-6-13-11(18)15-10(9)17/h2-6H,1H3,(H2,14,16,19)(H2,13,15,17,18). The van der Waals surface area contributed by atoms with E-state index in [0.29, 0.717) is 0 Å². The molecule has 2 aromatic rings. The van der Waals surface area contributed by atoms with Crippen molar-refractivity contribution in [1.29, 1.82) is 0 Å². The van der Waals surface area contributed by atoms with E-state index in [2.05, 4.69) is 4.98 Å². The molecular formula is C12H12N4O5S. The number of rotatable bonds is 3. The van der Waals surface area contributed by atoms with Gasteiger partial charge in [-0.15, -0.1) is 0 Å². The molecule has 0 radical (unpaired) electrons. The number of nitrogens with one attached hydrogen (secondary N) is 4. The normalized spacial score (nSPS) is 11.0. The number of H-pyrrole nitrogens is 2. The first-order chi connectivity index (χ1) is 10.3. The number of carbonyl (C=O) groups is 1. The second kappa shape index (κ2) is 5.85. The smallest absolute Gasteiger partial charge is 0.312 e. The van der Waals surface area contributed by atoms with Gasteiger partial charge in [0.15, 0.2) is 0 Å². The maximum Gasteiger partial charge on any atom is 0.333 e. The fraction of sp³-hybridized carbons (Fsp3) is 0.0833. The molecule has 1 aromatic heterocycles. The number of aryl methyl sites for hydroxylation is 1. The van der Waals surface area contributed by atoms with Gasteiger partial charge >= 0.3 is 11.7 Å². The number of anilines is 1. The first-order valence-corrected chi connectivity index (χ1v) is 7.49. The molecule has 2 rings (SSSR count). The highest BCUT2D eigenvalue weighted by atomic mass is 32.2. The van der Waals surface area contributed by atoms with Crippen molar-refractivity contribution in [3.63, 3.8) is 0 Å². The lowest BCUT2D eigenvalue weighted by atomic mass is 10.2. The molecule has 10 heteroatoms. The van der Waals surface area contributed by atoms with Crippen LogP contribution in [0, 0.1) is 6.92 Å². The Labute approximate surface area is 124 Å². The zero-order valence-electron chi connectivity index (χ0n) is 11.3. The van der Waals surface area contributed by atoms with Crippen LogP contribution in [-0.4, -0.2) is 24.4 Å². The quantitative estimate of drug-likeness (QED) is 0.623. The van der Waals surface area contributed by atoms with Gasteiger partial charge in [0, 0.05) is 6.20 Å². The highest BCUT2D eigenvalue weighted by molar-refractivity contribution is 7.90. The lowest BCUT2D eigenvalue weighted by molar-refractivity contribution is 0.256. The molecule has 0 bridgehead atoms. The SMILES string of the molecule is Cc1ccc(S(=O)(=O)NC(=O)Nc2c[nH]c(=O)[nH]c2=O)cc1. The van der Waals surface area contributed by atoms with Crippen LogP contribution in [0.1, 0.15) is 5.56 Å². The van der Waals surface area contributed by atoms with E-state index >= 15 is 0 Å². The Morgan fingerprint density at radius 1 is 1.14 bits per heavy atom. The average molecular weight is 324 g/mol. The monoisotopic (exact) mass is 324 g/mol. The summed E-state index contributed by atoms with van der Waals surface area (Å²) in [7, 11) is -4.06. The zero-order chi connectivity index (χ0) is 16.3. The van der Waals surface area contributed by atoms with Gasteiger partial charge in [0.05, 0.1) is 4.90 Å². The van der Waals surface area contributed by atoms with Crippen LogP contribution in [0.3, 0.4) is 0 Å². The van der Waals surface area contributed by atoms with Crippen molar-refractivity contribution in [3.05, 3.63) is 56.9 Å². The third kappa shape index (κ3) is 3.61. The van der Waals surface area contributed by atoms with E-state index in [0.717, 1.165) is 11.8 Å². The molecule has 0 aliphatic heterocycles. The van der Waals surface area contributed by atoms with Gasteiger partial charge in [-0.1, -0.05) is 17.7 Å². The van der Waals surface area contributed by atoms with Crippen LogP contribution in [0.15, 0.2) is 44.9 Å². The lowest BCUT2D eigenvalue weighted by Gasteiger charge is -2.08. The van der Waals surface area contributed by atoms with Gasteiger partial charge in [-0.05, 0) is 19.1 Å². The Morgan fingerprint density at radius 2 is 1.77 bits per heavy atom. The van der Waals surface area contributed by atoms with Gasteiger partial charge in [-0.2, -0.15) is 0 Å². The predicted molar refractivity (Wildman–Crippen MR) is 78.2 cm³/mol. The van der Waals surface area contributed by atoms with Gasteiger partial charge in [0.2, 0.25) is 0 Å². The van der Waals surface area contributed by atoms with E-state index in [9.17, 15) is 22.8 Å². The Hall–Kier alpha value is -2.88. The molecule has 1 aromatic carbocycles. The summed E-state index contributed by atoms with van der Waals surface area (Å²) in [6, 6.07) is 4.73. The van der Waals surface area contributed by atoms with Crippen LogP contribution < -0.4 is 21.3 Å². The molecule has 9 nitrogen and oxygen atoms in total. The third-order valence-electron chi connectivity index (χ3n) is 2.63. The van der Waals surface area contributed by atoms with Crippen molar-refractivity contribution in [2.45, 2.75) is 11.8 Å². The molecule has 2 amide bonds. The average Bonchev–Trinajstić information content (AvgIpc) is 2.42. The fourth-order valence-electron chi connectivity index (χ4n) is 1.55. The molecule has 4 N–H and O–H groups in total. The maximum atomic E-state index is 12.0. The molecule has 0 spiro atoms. The van der Waals surface area contributed by atoms with Crippen LogP contribution in [-0.2, 0) is 10.0 Å². The number of benzene rings is 1. The minimum absolute atomic E-state index is 0.0939. The molecule has 116 valence electrons. The molecule has 0 atom stereocenters. The second-order valence-electron chi connectivity index (χ2n) is 4.36. The first kappa shape index (κ1) is 15.5. The number of aromatic amines is 2. The van der Waals surface area contributed by atoms with Crippen LogP contribution in [0.2, 0.25) is 0 Å². The minimum Gasteiger partial charge on any atom is -0.312 e. The molecule has 0 unspecified atom stereocenters. The van der Waals surface area contributed by atoms with Gasteiger partial charge in [0.25, 0.3) is 15.6 Å². The van der Waals surface area contributed by atoms with Crippen molar-refractivity contribution in [1.82, 2.24) is 14.7 Å². The maximum absolute atomic E-state index is 12.0. The van der Waals surface area contributed by atoms with Gasteiger partial charge < -0.3 is 10.3 Å². The molecule has 22 heavy (non-hydrogen) atoms. The van der Waals surface area contributed by atoms with Gasteiger partial charge in [0.1, 0.15) is 5.69 Å². The molecule has 0 saturated heterocycles. The Balaban J connectivity index is 2.16. The molecule has 0 saturated carbocycles. The van der Waals surface area contributed by atoms with E-state index in [1.54, 1.807) is 23.8 Å². The Kier molecular flexibility index (Phi) is 4.13. The molecule has 0 aliphatic carbocycles. The number of hydrogen-bond acceptors (Lipinski definition) is 5. The largest absolute Gasteiger partial charge is 0.333 e. The van der Waals surface area contributed by atoms with E-state index in [1.807, 2.05) is 10.3 Å². The fourth-order valence-corrected chi connectivity index (χ4v) is 2.46. The Morgan fingerprint density at radius 3 is 2.36 bits per heavy atom. The summed E-state index contributed by atoms with van der Waals surface area (Å²) in [6.07, 6.45) is 0.958. The minimum atomic E-state index is -4.06. The number of amides is 2. The van der Waals surface area contributed by atoms with Crippen LogP contribution in [0.4, 0.5) is 10.5 Å². The van der Waals surface area contributed by atoms with Gasteiger partial charge in [-0.3, -0.25) is 9.78 Å². The zero-order valence-corrected chi connectivity index (χ0v) is 12.2. The van der Waals surface area contributed by atoms with Crippen molar-refractivity contribution in [2.75, 3.05) is 5.32 Å². The topological polar surface area (TPSA) is 141 Å². The summed E-state index contributed by atoms with van der Waals surface area (Å²) >= 11 is 0. The van der Waals surface area contributed by atoms with Crippen LogP contribution in [0.25, 0.3) is 0 Å². The number of hydrogen-bond donors (Lipinski definition) is 4. The molecule has 1 heterocycles. The van der Waals surface area contributed by atoms with Crippen LogP contribution in [0.5, 0.6) is 0 Å². The lowest BCUT2D eigenvalue weighted by Crippen LogP contribution is -2.36. The highest BCUT2D eigenvalue weighted by Crippen LogP contribution is 2.09. The summed E-state index contributed by atoms with van der Waals surface area (Å²) in [5.74, 6) is 0. The van der Waals surface area contributed by atoms with Crippen molar-refractivity contribution in [3.8, 4) is 0 Å². The number of aromatic nitrogens is 2. The summed E-state index contributed by atoms with van der Waals surface area (Å²) < 4.78 is 25.7. The second-order valence-corrected chi connectivity index (χ2v) is 6.04. The predicted octanol–water partition coefficient (Wildman–Crippen LogP) is -0.118. The molecule has 0 fully saturated rings. The van der Waals surface area contributed by atoms with Crippen molar-refractivity contribution in [2.24, 2.45) is 0 Å². The number of carbonyl (C=O) groups excluding carboxylic acids is 1. The summed E-state index contributed by atoms with van der Waals surface area (Å²) in [6.45, 7) is 1.79. The summed E-state index contributed by atoms with van der Waals surface area (Å²) in [5, 5.41) is 2.03. The van der Waals surface area contributed by atoms with E-state index in [-0.39, 0.29) is 10.6 Å². The first-order valence-electron chi connectivity index (χ1n) is 6.00. The van der Waals surface area contributed by atoms with E-state index < -0.39 is 27.3 Å².